The molecule has 0 atom stereocenters. The number of nitrogens with zero attached hydrogens (tertiary/aromatic N) is 2. The summed E-state index contributed by atoms with van der Waals surface area (Å²) in [5, 5.41) is 11.0. The van der Waals surface area contributed by atoms with Crippen LogP contribution in [-0.2, 0) is 14.4 Å². The second-order valence-corrected chi connectivity index (χ2v) is 3.92. The third-order valence-corrected chi connectivity index (χ3v) is 2.65. The first-order valence-electron chi connectivity index (χ1n) is 5.70. The maximum absolute atomic E-state index is 11.9. The zero-order valence-corrected chi connectivity index (χ0v) is 10.0. The number of aliphatic carboxylic acids is 1. The maximum atomic E-state index is 11.9. The van der Waals surface area contributed by atoms with Crippen molar-refractivity contribution in [2.45, 2.75) is 6.42 Å². The number of hydrogen-bond acceptors (Lipinski definition) is 4. The van der Waals surface area contributed by atoms with Gasteiger partial charge in [-0.25, -0.2) is 4.79 Å². The van der Waals surface area contributed by atoms with Crippen LogP contribution in [0, 0.1) is 0 Å². The molecule has 1 heterocycles. The number of rotatable bonds is 3. The van der Waals surface area contributed by atoms with E-state index in [1.807, 2.05) is 6.07 Å². The normalized spacial score (nSPS) is 15.3. The molecule has 1 N–H and O–H groups in total. The Bertz CT molecular complexity index is 539. The van der Waals surface area contributed by atoms with Gasteiger partial charge in [0.2, 0.25) is 5.91 Å². The number of carbonyl (C=O) groups is 3. The van der Waals surface area contributed by atoms with E-state index in [0.29, 0.717) is 12.2 Å². The average molecular weight is 260 g/mol. The van der Waals surface area contributed by atoms with E-state index in [4.69, 9.17) is 5.11 Å². The van der Waals surface area contributed by atoms with Crippen molar-refractivity contribution in [2.24, 2.45) is 0 Å². The highest BCUT2D eigenvalue weighted by atomic mass is 16.4. The molecule has 0 unspecified atom stereocenters. The van der Waals surface area contributed by atoms with Crippen LogP contribution in [0.1, 0.15) is 6.42 Å². The lowest BCUT2D eigenvalue weighted by Gasteiger charge is -2.26. The van der Waals surface area contributed by atoms with Crippen LogP contribution in [0.4, 0.5) is 5.69 Å². The van der Waals surface area contributed by atoms with E-state index in [9.17, 15) is 14.4 Å². The summed E-state index contributed by atoms with van der Waals surface area (Å²) >= 11 is 0. The lowest BCUT2D eigenvalue weighted by atomic mass is 10.3. The summed E-state index contributed by atoms with van der Waals surface area (Å²) in [6, 6.07) is 8.99. The minimum Gasteiger partial charge on any atom is -0.478 e. The summed E-state index contributed by atoms with van der Waals surface area (Å²) in [4.78, 5) is 34.0. The van der Waals surface area contributed by atoms with Gasteiger partial charge in [-0.15, -0.1) is 0 Å². The van der Waals surface area contributed by atoms with Crippen molar-refractivity contribution < 1.29 is 19.5 Å². The third-order valence-electron chi connectivity index (χ3n) is 2.65. The summed E-state index contributed by atoms with van der Waals surface area (Å²) in [6.07, 6.45) is 1.82. The number of hydrazine groups is 1. The Morgan fingerprint density at radius 2 is 1.84 bits per heavy atom. The summed E-state index contributed by atoms with van der Waals surface area (Å²) in [7, 11) is 0. The van der Waals surface area contributed by atoms with Gasteiger partial charge in [0.25, 0.3) is 5.91 Å². The first-order valence-corrected chi connectivity index (χ1v) is 5.70. The van der Waals surface area contributed by atoms with Gasteiger partial charge >= 0.3 is 5.97 Å². The third kappa shape index (κ3) is 2.79. The van der Waals surface area contributed by atoms with Gasteiger partial charge in [-0.2, -0.15) is 5.01 Å². The van der Waals surface area contributed by atoms with Crippen LogP contribution in [-0.4, -0.2) is 34.4 Å². The maximum Gasteiger partial charge on any atom is 0.328 e. The molecule has 0 spiro atoms. The SMILES string of the molecule is O=C(O)/C=C\C(=O)N1C(=O)CCN1c1ccccc1. The number of carbonyl (C=O) groups excluding carboxylic acids is 2. The van der Waals surface area contributed by atoms with E-state index >= 15 is 0 Å². The van der Waals surface area contributed by atoms with Crippen molar-refractivity contribution in [3.63, 3.8) is 0 Å². The number of para-hydroxylation sites is 1. The van der Waals surface area contributed by atoms with Crippen LogP contribution < -0.4 is 5.01 Å². The largest absolute Gasteiger partial charge is 0.478 e. The molecule has 2 amide bonds. The molecule has 1 aliphatic heterocycles. The molecule has 0 saturated carbocycles. The molecule has 19 heavy (non-hydrogen) atoms. The van der Waals surface area contributed by atoms with Gasteiger partial charge in [-0.3, -0.25) is 14.6 Å². The van der Waals surface area contributed by atoms with E-state index in [1.165, 1.54) is 5.01 Å². The number of carboxylic acids is 1. The Labute approximate surface area is 109 Å². The molecular weight excluding hydrogens is 248 g/mol. The second-order valence-electron chi connectivity index (χ2n) is 3.92. The Balaban J connectivity index is 2.23. The van der Waals surface area contributed by atoms with Crippen molar-refractivity contribution in [1.82, 2.24) is 5.01 Å². The van der Waals surface area contributed by atoms with E-state index in [0.717, 1.165) is 17.2 Å². The average Bonchev–Trinajstić information content (AvgIpc) is 2.79. The zero-order valence-electron chi connectivity index (χ0n) is 10.0. The van der Waals surface area contributed by atoms with Gasteiger partial charge in [0.1, 0.15) is 0 Å². The number of benzene rings is 1. The summed E-state index contributed by atoms with van der Waals surface area (Å²) < 4.78 is 0. The summed E-state index contributed by atoms with van der Waals surface area (Å²) in [5.41, 5.74) is 0.713. The molecule has 6 heteroatoms. The van der Waals surface area contributed by atoms with Crippen molar-refractivity contribution in [3.8, 4) is 0 Å². The number of carboxylic acid groups (broad SMARTS) is 1. The van der Waals surface area contributed by atoms with E-state index in [-0.39, 0.29) is 12.3 Å². The fourth-order valence-electron chi connectivity index (χ4n) is 1.84. The molecule has 0 radical (unpaired) electrons. The van der Waals surface area contributed by atoms with Gasteiger partial charge in [0.05, 0.1) is 5.69 Å². The quantitative estimate of drug-likeness (QED) is 0.814. The molecule has 0 bridgehead atoms. The van der Waals surface area contributed by atoms with Gasteiger partial charge in [-0.1, -0.05) is 18.2 Å². The topological polar surface area (TPSA) is 77.9 Å². The molecule has 1 aliphatic rings. The van der Waals surface area contributed by atoms with Crippen LogP contribution in [0.5, 0.6) is 0 Å². The zero-order chi connectivity index (χ0) is 13.8. The van der Waals surface area contributed by atoms with Crippen molar-refractivity contribution in [3.05, 3.63) is 42.5 Å². The van der Waals surface area contributed by atoms with Crippen LogP contribution in [0.3, 0.4) is 0 Å². The predicted molar refractivity (Wildman–Crippen MR) is 67.0 cm³/mol. The molecule has 1 aromatic rings. The molecule has 6 nitrogen and oxygen atoms in total. The number of hydrogen-bond donors (Lipinski definition) is 1. The minimum atomic E-state index is -1.23. The number of amides is 2. The highest BCUT2D eigenvalue weighted by molar-refractivity contribution is 6.05. The predicted octanol–water partition coefficient (Wildman–Crippen LogP) is 0.808. The van der Waals surface area contributed by atoms with Crippen molar-refractivity contribution >= 4 is 23.5 Å². The molecule has 1 saturated heterocycles. The summed E-state index contributed by atoms with van der Waals surface area (Å²) in [6.45, 7) is 0.398. The van der Waals surface area contributed by atoms with Crippen LogP contribution in [0.2, 0.25) is 0 Å². The molecule has 98 valence electrons. The lowest BCUT2D eigenvalue weighted by molar-refractivity contribution is -0.140. The molecule has 0 aliphatic carbocycles. The van der Waals surface area contributed by atoms with Crippen LogP contribution >= 0.6 is 0 Å². The molecule has 1 fully saturated rings. The number of imide groups is 1. The first kappa shape index (κ1) is 12.8. The molecule has 1 aromatic carbocycles. The monoisotopic (exact) mass is 260 g/mol. The second kappa shape index (κ2) is 5.34. The van der Waals surface area contributed by atoms with E-state index < -0.39 is 11.9 Å². The first-order chi connectivity index (χ1) is 9.09. The Morgan fingerprint density at radius 3 is 2.47 bits per heavy atom. The Hall–Kier alpha value is -2.63. The smallest absolute Gasteiger partial charge is 0.328 e. The van der Waals surface area contributed by atoms with E-state index in [1.54, 1.807) is 24.3 Å². The van der Waals surface area contributed by atoms with Crippen LogP contribution in [0.25, 0.3) is 0 Å². The highest BCUT2D eigenvalue weighted by Gasteiger charge is 2.33. The van der Waals surface area contributed by atoms with Gasteiger partial charge < -0.3 is 5.11 Å². The fraction of sp³-hybridized carbons (Fsp3) is 0.154. The number of anilines is 1. The van der Waals surface area contributed by atoms with E-state index in [2.05, 4.69) is 0 Å². The Morgan fingerprint density at radius 1 is 1.16 bits per heavy atom. The van der Waals surface area contributed by atoms with Crippen molar-refractivity contribution in [1.29, 1.82) is 0 Å². The minimum absolute atomic E-state index is 0.224. The van der Waals surface area contributed by atoms with Crippen LogP contribution in [0.15, 0.2) is 42.5 Å². The van der Waals surface area contributed by atoms with Gasteiger partial charge in [0, 0.05) is 25.1 Å². The fourth-order valence-corrected chi connectivity index (χ4v) is 1.84. The van der Waals surface area contributed by atoms with Crippen molar-refractivity contribution in [2.75, 3.05) is 11.6 Å². The Kier molecular flexibility index (Phi) is 3.61. The molecular formula is C13H12N2O4. The standard InChI is InChI=1S/C13H12N2O4/c16-11(6-7-13(18)19)15-12(17)8-9-14(15)10-4-2-1-3-5-10/h1-7H,8-9H2,(H,18,19)/b7-6-. The highest BCUT2D eigenvalue weighted by Crippen LogP contribution is 2.22. The van der Waals surface area contributed by atoms with Gasteiger partial charge in [0.15, 0.2) is 0 Å². The lowest BCUT2D eigenvalue weighted by Crippen LogP contribution is -2.43. The summed E-state index contributed by atoms with van der Waals surface area (Å²) in [5.74, 6) is -2.23. The molecule has 2 rings (SSSR count). The van der Waals surface area contributed by atoms with Gasteiger partial charge in [-0.05, 0) is 12.1 Å². The molecule has 0 aromatic heterocycles.